The highest BCUT2D eigenvalue weighted by Crippen LogP contribution is 2.39. The van der Waals surface area contributed by atoms with Crippen molar-refractivity contribution in [2.24, 2.45) is 0 Å². The van der Waals surface area contributed by atoms with Crippen molar-refractivity contribution in [3.05, 3.63) is 98.1 Å². The molecule has 0 unspecified atom stereocenters. The van der Waals surface area contributed by atoms with E-state index in [1.165, 1.54) is 17.7 Å². The second-order valence-corrected chi connectivity index (χ2v) is 9.55. The van der Waals surface area contributed by atoms with Crippen molar-refractivity contribution < 1.29 is 23.5 Å². The summed E-state index contributed by atoms with van der Waals surface area (Å²) in [6, 6.07) is 17.3. The molecule has 174 valence electrons. The number of hydrogen-bond acceptors (Lipinski definition) is 5. The highest BCUT2D eigenvalue weighted by atomic mass is 79.9. The summed E-state index contributed by atoms with van der Waals surface area (Å²) in [5.41, 5.74) is 3.55. The van der Waals surface area contributed by atoms with Gasteiger partial charge in [0, 0.05) is 0 Å². The summed E-state index contributed by atoms with van der Waals surface area (Å²) in [4.78, 5) is 26.7. The van der Waals surface area contributed by atoms with Crippen molar-refractivity contribution in [1.82, 2.24) is 4.90 Å². The van der Waals surface area contributed by atoms with Gasteiger partial charge in [0.05, 0.1) is 23.0 Å². The van der Waals surface area contributed by atoms with Crippen molar-refractivity contribution >= 4 is 44.9 Å². The van der Waals surface area contributed by atoms with Crippen LogP contribution in [0.4, 0.5) is 9.18 Å². The fourth-order valence-corrected chi connectivity index (χ4v) is 4.78. The van der Waals surface area contributed by atoms with Crippen molar-refractivity contribution in [2.75, 3.05) is 7.11 Å². The number of carbonyl (C=O) groups is 2. The van der Waals surface area contributed by atoms with Gasteiger partial charge in [-0.1, -0.05) is 42.0 Å². The Morgan fingerprint density at radius 1 is 1.03 bits per heavy atom. The molecular formula is C26H21BrFNO4S. The molecule has 0 saturated carbocycles. The van der Waals surface area contributed by atoms with Crippen LogP contribution < -0.4 is 9.47 Å². The van der Waals surface area contributed by atoms with E-state index in [4.69, 9.17) is 9.47 Å². The third-order valence-electron chi connectivity index (χ3n) is 5.18. The molecule has 0 spiro atoms. The molecule has 3 aromatic rings. The molecule has 4 rings (SSSR count). The van der Waals surface area contributed by atoms with Crippen molar-refractivity contribution in [2.45, 2.75) is 20.1 Å². The molecule has 0 atom stereocenters. The van der Waals surface area contributed by atoms with E-state index in [1.54, 1.807) is 37.5 Å². The summed E-state index contributed by atoms with van der Waals surface area (Å²) in [7, 11) is 1.54. The number of halogens is 2. The molecule has 34 heavy (non-hydrogen) atoms. The molecule has 8 heteroatoms. The Bertz CT molecular complexity index is 1260. The quantitative estimate of drug-likeness (QED) is 0.310. The van der Waals surface area contributed by atoms with Gasteiger partial charge in [-0.2, -0.15) is 0 Å². The number of aryl methyl sites for hydroxylation is 1. The van der Waals surface area contributed by atoms with E-state index in [0.717, 1.165) is 22.2 Å². The van der Waals surface area contributed by atoms with Gasteiger partial charge in [0.25, 0.3) is 11.1 Å². The first-order chi connectivity index (χ1) is 16.3. The summed E-state index contributed by atoms with van der Waals surface area (Å²) in [6.07, 6.45) is 1.65. The van der Waals surface area contributed by atoms with E-state index in [-0.39, 0.29) is 17.6 Å². The van der Waals surface area contributed by atoms with Crippen LogP contribution in [0.2, 0.25) is 0 Å². The van der Waals surface area contributed by atoms with Gasteiger partial charge in [-0.15, -0.1) is 0 Å². The van der Waals surface area contributed by atoms with Crippen LogP contribution in [0.25, 0.3) is 6.08 Å². The number of rotatable bonds is 7. The lowest BCUT2D eigenvalue weighted by Crippen LogP contribution is -2.27. The fourth-order valence-electron chi connectivity index (χ4n) is 3.36. The number of methoxy groups -OCH3 is 1. The molecule has 0 bridgehead atoms. The summed E-state index contributed by atoms with van der Waals surface area (Å²) < 4.78 is 25.3. The zero-order valence-corrected chi connectivity index (χ0v) is 20.9. The maximum atomic E-state index is 13.1. The van der Waals surface area contributed by atoms with Gasteiger partial charge in [0.15, 0.2) is 11.5 Å². The lowest BCUT2D eigenvalue weighted by atomic mass is 10.1. The third-order valence-corrected chi connectivity index (χ3v) is 6.68. The Labute approximate surface area is 209 Å². The van der Waals surface area contributed by atoms with Crippen LogP contribution in [-0.4, -0.2) is 23.2 Å². The van der Waals surface area contributed by atoms with Crippen LogP contribution in [0.5, 0.6) is 11.5 Å². The molecular weight excluding hydrogens is 521 g/mol. The van der Waals surface area contributed by atoms with E-state index >= 15 is 0 Å². The Balaban J connectivity index is 1.52. The summed E-state index contributed by atoms with van der Waals surface area (Å²) in [6.45, 7) is 2.48. The smallest absolute Gasteiger partial charge is 0.293 e. The number of nitrogens with zero attached hydrogens (tertiary/aromatic N) is 1. The van der Waals surface area contributed by atoms with E-state index < -0.39 is 5.91 Å². The monoisotopic (exact) mass is 541 g/mol. The maximum absolute atomic E-state index is 13.1. The Morgan fingerprint density at radius 2 is 1.71 bits per heavy atom. The normalized spacial score (nSPS) is 14.7. The zero-order valence-electron chi connectivity index (χ0n) is 18.5. The van der Waals surface area contributed by atoms with Crippen LogP contribution in [0.15, 0.2) is 70.0 Å². The number of imide groups is 1. The SMILES string of the molecule is COc1cc(/C=C2\SC(=O)N(Cc3ccc(F)cc3)C2=O)cc(Br)c1OCc1ccc(C)cc1. The van der Waals surface area contributed by atoms with Crippen molar-refractivity contribution in [3.63, 3.8) is 0 Å². The molecule has 0 aliphatic carbocycles. The summed E-state index contributed by atoms with van der Waals surface area (Å²) >= 11 is 4.40. The highest BCUT2D eigenvalue weighted by molar-refractivity contribution is 9.10. The number of benzene rings is 3. The van der Waals surface area contributed by atoms with Crippen LogP contribution in [0, 0.1) is 12.7 Å². The molecule has 0 N–H and O–H groups in total. The van der Waals surface area contributed by atoms with Crippen LogP contribution >= 0.6 is 27.7 Å². The average molecular weight is 542 g/mol. The second kappa shape index (κ2) is 10.4. The number of hydrogen-bond donors (Lipinski definition) is 0. The van der Waals surface area contributed by atoms with Gasteiger partial charge >= 0.3 is 0 Å². The molecule has 1 aliphatic heterocycles. The second-order valence-electron chi connectivity index (χ2n) is 7.70. The minimum atomic E-state index is -0.394. The Morgan fingerprint density at radius 3 is 2.38 bits per heavy atom. The van der Waals surface area contributed by atoms with Crippen LogP contribution in [-0.2, 0) is 17.9 Å². The number of amides is 2. The predicted octanol–water partition coefficient (Wildman–Crippen LogP) is 6.72. The van der Waals surface area contributed by atoms with Gasteiger partial charge in [0.2, 0.25) is 0 Å². The van der Waals surface area contributed by atoms with Crippen molar-refractivity contribution in [1.29, 1.82) is 0 Å². The van der Waals surface area contributed by atoms with E-state index in [9.17, 15) is 14.0 Å². The maximum Gasteiger partial charge on any atom is 0.293 e. The third kappa shape index (κ3) is 5.51. The largest absolute Gasteiger partial charge is 0.493 e. The fraction of sp³-hybridized carbons (Fsp3) is 0.154. The average Bonchev–Trinajstić information content (AvgIpc) is 3.07. The molecule has 1 aliphatic rings. The molecule has 3 aromatic carbocycles. The molecule has 5 nitrogen and oxygen atoms in total. The van der Waals surface area contributed by atoms with Crippen molar-refractivity contribution in [3.8, 4) is 11.5 Å². The predicted molar refractivity (Wildman–Crippen MR) is 134 cm³/mol. The summed E-state index contributed by atoms with van der Waals surface area (Å²) in [5.74, 6) is 0.278. The lowest BCUT2D eigenvalue weighted by molar-refractivity contribution is -0.123. The standard InChI is InChI=1S/C26H21BrFNO4S/c1-16-3-5-18(6-4-16)15-33-24-21(27)11-19(12-22(24)32-2)13-23-25(30)29(26(31)34-23)14-17-7-9-20(28)10-8-17/h3-13H,14-15H2,1-2H3/b23-13-. The van der Waals surface area contributed by atoms with Crippen LogP contribution in [0.1, 0.15) is 22.3 Å². The van der Waals surface area contributed by atoms with Gasteiger partial charge in [-0.3, -0.25) is 14.5 Å². The summed E-state index contributed by atoms with van der Waals surface area (Å²) in [5, 5.41) is -0.371. The van der Waals surface area contributed by atoms with Gasteiger partial charge < -0.3 is 9.47 Å². The molecule has 1 fully saturated rings. The van der Waals surface area contributed by atoms with E-state index in [1.807, 2.05) is 31.2 Å². The molecule has 1 heterocycles. The van der Waals surface area contributed by atoms with Gasteiger partial charge in [0.1, 0.15) is 12.4 Å². The van der Waals surface area contributed by atoms with E-state index in [2.05, 4.69) is 15.9 Å². The minimum Gasteiger partial charge on any atom is -0.493 e. The Hall–Kier alpha value is -3.10. The number of thioether (sulfide) groups is 1. The van der Waals surface area contributed by atoms with E-state index in [0.29, 0.717) is 38.6 Å². The van der Waals surface area contributed by atoms with Crippen LogP contribution in [0.3, 0.4) is 0 Å². The lowest BCUT2D eigenvalue weighted by Gasteiger charge is -2.14. The first-order valence-corrected chi connectivity index (χ1v) is 12.0. The first kappa shape index (κ1) is 24.0. The molecule has 1 saturated heterocycles. The molecule has 0 aromatic heterocycles. The van der Waals surface area contributed by atoms with Gasteiger partial charge in [-0.05, 0) is 81.6 Å². The minimum absolute atomic E-state index is 0.0844. The topological polar surface area (TPSA) is 55.8 Å². The highest BCUT2D eigenvalue weighted by Gasteiger charge is 2.35. The number of carbonyl (C=O) groups excluding carboxylic acids is 2. The first-order valence-electron chi connectivity index (χ1n) is 10.4. The van der Waals surface area contributed by atoms with Gasteiger partial charge in [-0.25, -0.2) is 4.39 Å². The molecule has 2 amide bonds. The molecule has 0 radical (unpaired) electrons. The Kier molecular flexibility index (Phi) is 7.38. The number of ether oxygens (including phenoxy) is 2. The zero-order chi connectivity index (χ0) is 24.2.